The number of amides is 1. The molecule has 9 nitrogen and oxygen atoms in total. The summed E-state index contributed by atoms with van der Waals surface area (Å²) in [4.78, 5) is 23.0. The largest absolute Gasteiger partial charge is 0.376 e. The number of hydrogen-bond acceptors (Lipinski definition) is 7. The van der Waals surface area contributed by atoms with Gasteiger partial charge in [-0.15, -0.1) is 10.2 Å². The van der Waals surface area contributed by atoms with Gasteiger partial charge < -0.3 is 10.1 Å². The highest BCUT2D eigenvalue weighted by molar-refractivity contribution is 8.00. The number of thioether (sulfide) groups is 1. The molecule has 0 radical (unpaired) electrons. The maximum Gasteiger partial charge on any atom is 0.269 e. The number of halogens is 1. The summed E-state index contributed by atoms with van der Waals surface area (Å²) in [5, 5.41) is 22.2. The first kappa shape index (κ1) is 22.9. The number of carbonyl (C=O) groups is 1. The quantitative estimate of drug-likeness (QED) is 0.296. The van der Waals surface area contributed by atoms with Crippen LogP contribution in [0.1, 0.15) is 19.8 Å². The van der Waals surface area contributed by atoms with Gasteiger partial charge in [0.2, 0.25) is 5.91 Å². The molecule has 3 aromatic rings. The standard InChI is InChI=1S/C22H22FN5O4S/c1-14(21(29)24-17-8-10-18(11-9-17)28(30)31)33-22-26-25-20(15-4-6-16(23)7-5-15)27(22)13-19-3-2-12-32-19/h4-11,14,19H,2-3,12-13H2,1H3,(H,24,29). The molecule has 11 heteroatoms. The molecule has 172 valence electrons. The Balaban J connectivity index is 1.51. The van der Waals surface area contributed by atoms with Gasteiger partial charge in [-0.2, -0.15) is 0 Å². The molecule has 0 spiro atoms. The van der Waals surface area contributed by atoms with Crippen LogP contribution in [0, 0.1) is 15.9 Å². The fourth-order valence-corrected chi connectivity index (χ4v) is 4.33. The number of nitrogens with one attached hydrogen (secondary N) is 1. The molecule has 1 amide bonds. The first-order valence-corrected chi connectivity index (χ1v) is 11.3. The van der Waals surface area contributed by atoms with Crippen molar-refractivity contribution in [3.05, 3.63) is 64.5 Å². The van der Waals surface area contributed by atoms with Gasteiger partial charge in [0.1, 0.15) is 5.82 Å². The Morgan fingerprint density at radius 2 is 2.00 bits per heavy atom. The molecule has 1 aliphatic rings. The molecule has 2 unspecified atom stereocenters. The van der Waals surface area contributed by atoms with Crippen LogP contribution in [0.15, 0.2) is 53.7 Å². The predicted molar refractivity (Wildman–Crippen MR) is 121 cm³/mol. The highest BCUT2D eigenvalue weighted by Gasteiger charge is 2.25. The van der Waals surface area contributed by atoms with Crippen LogP contribution in [0.4, 0.5) is 15.8 Å². The van der Waals surface area contributed by atoms with Crippen LogP contribution in [0.5, 0.6) is 0 Å². The molecule has 1 aromatic heterocycles. The number of nitro groups is 1. The van der Waals surface area contributed by atoms with E-state index in [1.54, 1.807) is 19.1 Å². The summed E-state index contributed by atoms with van der Waals surface area (Å²) in [5.41, 5.74) is 1.13. The van der Waals surface area contributed by atoms with Gasteiger partial charge in [-0.1, -0.05) is 11.8 Å². The highest BCUT2D eigenvalue weighted by Crippen LogP contribution is 2.29. The number of rotatable bonds is 8. The maximum absolute atomic E-state index is 13.4. The molecule has 4 rings (SSSR count). The Morgan fingerprint density at radius 3 is 2.64 bits per heavy atom. The van der Waals surface area contributed by atoms with Crippen molar-refractivity contribution in [2.45, 2.75) is 42.8 Å². The molecule has 0 aliphatic carbocycles. The molecule has 2 aromatic carbocycles. The zero-order valence-electron chi connectivity index (χ0n) is 17.8. The lowest BCUT2D eigenvalue weighted by Crippen LogP contribution is -2.23. The van der Waals surface area contributed by atoms with Crippen molar-refractivity contribution >= 4 is 29.0 Å². The number of nitro benzene ring substituents is 1. The first-order valence-electron chi connectivity index (χ1n) is 10.4. The molecule has 1 saturated heterocycles. The lowest BCUT2D eigenvalue weighted by atomic mass is 10.2. The minimum Gasteiger partial charge on any atom is -0.376 e. The van der Waals surface area contributed by atoms with E-state index in [1.807, 2.05) is 4.57 Å². The second kappa shape index (κ2) is 10.1. The zero-order chi connectivity index (χ0) is 23.4. The normalized spacial score (nSPS) is 16.5. The van der Waals surface area contributed by atoms with Crippen molar-refractivity contribution in [2.75, 3.05) is 11.9 Å². The van der Waals surface area contributed by atoms with Crippen LogP contribution in [-0.4, -0.2) is 43.6 Å². The molecular formula is C22H22FN5O4S. The third-order valence-corrected chi connectivity index (χ3v) is 6.31. The maximum atomic E-state index is 13.4. The van der Waals surface area contributed by atoms with Crippen LogP contribution in [0.25, 0.3) is 11.4 Å². The molecule has 1 fully saturated rings. The fourth-order valence-electron chi connectivity index (χ4n) is 3.47. The number of non-ortho nitro benzene ring substituents is 1. The zero-order valence-corrected chi connectivity index (χ0v) is 18.6. The molecule has 1 aliphatic heterocycles. The minimum atomic E-state index is -0.520. The topological polar surface area (TPSA) is 112 Å². The smallest absolute Gasteiger partial charge is 0.269 e. The fraction of sp³-hybridized carbons (Fsp3) is 0.318. The third kappa shape index (κ3) is 5.55. The van der Waals surface area contributed by atoms with E-state index in [9.17, 15) is 19.3 Å². The highest BCUT2D eigenvalue weighted by atomic mass is 32.2. The minimum absolute atomic E-state index is 0.0174. The second-order valence-electron chi connectivity index (χ2n) is 7.61. The Labute approximate surface area is 193 Å². The van der Waals surface area contributed by atoms with Gasteiger partial charge in [0.05, 0.1) is 22.8 Å². The number of hydrogen-bond donors (Lipinski definition) is 1. The summed E-state index contributed by atoms with van der Waals surface area (Å²) in [7, 11) is 0. The van der Waals surface area contributed by atoms with Crippen LogP contribution in [0.3, 0.4) is 0 Å². The van der Waals surface area contributed by atoms with Gasteiger partial charge in [0, 0.05) is 30.0 Å². The molecular weight excluding hydrogens is 449 g/mol. The number of nitrogens with zero attached hydrogens (tertiary/aromatic N) is 4. The van der Waals surface area contributed by atoms with Crippen LogP contribution in [-0.2, 0) is 16.1 Å². The summed E-state index contributed by atoms with van der Waals surface area (Å²) >= 11 is 1.25. The van der Waals surface area contributed by atoms with Crippen molar-refractivity contribution in [3.63, 3.8) is 0 Å². The molecule has 0 bridgehead atoms. The van der Waals surface area contributed by atoms with Gasteiger partial charge >= 0.3 is 0 Å². The Bertz CT molecular complexity index is 1130. The molecule has 1 N–H and O–H groups in total. The summed E-state index contributed by atoms with van der Waals surface area (Å²) < 4.78 is 21.1. The average molecular weight is 472 g/mol. The van der Waals surface area contributed by atoms with Crippen molar-refractivity contribution < 1.29 is 18.8 Å². The van der Waals surface area contributed by atoms with E-state index in [0.29, 0.717) is 29.8 Å². The van der Waals surface area contributed by atoms with Crippen molar-refractivity contribution in [2.24, 2.45) is 0 Å². The number of carbonyl (C=O) groups excluding carboxylic acids is 1. The molecule has 33 heavy (non-hydrogen) atoms. The third-order valence-electron chi connectivity index (χ3n) is 5.23. The van der Waals surface area contributed by atoms with Crippen molar-refractivity contribution in [1.82, 2.24) is 14.8 Å². The summed E-state index contributed by atoms with van der Waals surface area (Å²) in [5.74, 6) is -0.0325. The number of ether oxygens (including phenoxy) is 1. The Kier molecular flexibility index (Phi) is 6.99. The second-order valence-corrected chi connectivity index (χ2v) is 8.92. The summed E-state index contributed by atoms with van der Waals surface area (Å²) in [6.07, 6.45) is 1.92. The molecule has 0 saturated carbocycles. The molecule has 2 heterocycles. The van der Waals surface area contributed by atoms with E-state index < -0.39 is 10.2 Å². The Hall–Kier alpha value is -3.31. The van der Waals surface area contributed by atoms with Gasteiger partial charge in [-0.25, -0.2) is 4.39 Å². The van der Waals surface area contributed by atoms with E-state index in [-0.39, 0.29) is 23.5 Å². The Morgan fingerprint density at radius 1 is 1.27 bits per heavy atom. The van der Waals surface area contributed by atoms with E-state index >= 15 is 0 Å². The van der Waals surface area contributed by atoms with Gasteiger partial charge in [0.15, 0.2) is 11.0 Å². The SMILES string of the molecule is CC(Sc1nnc(-c2ccc(F)cc2)n1CC1CCCO1)C(=O)Nc1ccc([N+](=O)[O-])cc1. The van der Waals surface area contributed by atoms with Crippen LogP contribution in [0.2, 0.25) is 0 Å². The van der Waals surface area contributed by atoms with Gasteiger partial charge in [-0.3, -0.25) is 19.5 Å². The van der Waals surface area contributed by atoms with E-state index in [4.69, 9.17) is 4.74 Å². The van der Waals surface area contributed by atoms with Crippen molar-refractivity contribution in [3.8, 4) is 11.4 Å². The summed E-state index contributed by atoms with van der Waals surface area (Å²) in [6, 6.07) is 11.7. The molecule has 2 atom stereocenters. The van der Waals surface area contributed by atoms with E-state index in [1.165, 1.54) is 48.2 Å². The number of benzene rings is 2. The van der Waals surface area contributed by atoms with Crippen LogP contribution < -0.4 is 5.32 Å². The first-order chi connectivity index (χ1) is 15.9. The van der Waals surface area contributed by atoms with E-state index in [2.05, 4.69) is 15.5 Å². The number of anilines is 1. The average Bonchev–Trinajstić information content (AvgIpc) is 3.45. The van der Waals surface area contributed by atoms with Crippen LogP contribution >= 0.6 is 11.8 Å². The lowest BCUT2D eigenvalue weighted by molar-refractivity contribution is -0.384. The predicted octanol–water partition coefficient (Wildman–Crippen LogP) is 4.29. The van der Waals surface area contributed by atoms with E-state index in [0.717, 1.165) is 18.4 Å². The summed E-state index contributed by atoms with van der Waals surface area (Å²) in [6.45, 7) is 2.97. The monoisotopic (exact) mass is 471 g/mol. The lowest BCUT2D eigenvalue weighted by Gasteiger charge is -2.16. The van der Waals surface area contributed by atoms with Gasteiger partial charge in [-0.05, 0) is 56.2 Å². The number of aromatic nitrogens is 3. The van der Waals surface area contributed by atoms with Crippen molar-refractivity contribution in [1.29, 1.82) is 0 Å². The van der Waals surface area contributed by atoms with Gasteiger partial charge in [0.25, 0.3) is 5.69 Å².